The number of likely N-dealkylation sites (N-methyl/N-ethyl adjacent to an activating group) is 1. The van der Waals surface area contributed by atoms with Crippen LogP contribution >= 0.6 is 11.6 Å². The zero-order valence-electron chi connectivity index (χ0n) is 8.88. The molecule has 0 radical (unpaired) electrons. The standard InChI is InChI=1S/C12H14ClNO/c1-8(14-2)6-9-7-10-11(13)4-3-5-12(10)15-9/h3-5,7-8,14H,6H2,1-2H3. The van der Waals surface area contributed by atoms with E-state index in [1.54, 1.807) is 0 Å². The van der Waals surface area contributed by atoms with Crippen LogP contribution in [-0.2, 0) is 6.42 Å². The fourth-order valence-corrected chi connectivity index (χ4v) is 1.80. The molecule has 1 heterocycles. The lowest BCUT2D eigenvalue weighted by Crippen LogP contribution is -2.23. The van der Waals surface area contributed by atoms with Gasteiger partial charge in [0.2, 0.25) is 0 Å². The Labute approximate surface area is 94.2 Å². The first-order valence-electron chi connectivity index (χ1n) is 5.05. The van der Waals surface area contributed by atoms with Crippen molar-refractivity contribution in [3.05, 3.63) is 35.0 Å². The minimum absolute atomic E-state index is 0.407. The average molecular weight is 224 g/mol. The lowest BCUT2D eigenvalue weighted by atomic mass is 10.2. The zero-order valence-corrected chi connectivity index (χ0v) is 9.64. The van der Waals surface area contributed by atoms with Gasteiger partial charge in [0.05, 0.1) is 5.02 Å². The number of hydrogen-bond acceptors (Lipinski definition) is 2. The minimum atomic E-state index is 0.407. The van der Waals surface area contributed by atoms with Crippen LogP contribution in [0.5, 0.6) is 0 Å². The van der Waals surface area contributed by atoms with Crippen LogP contribution in [0.3, 0.4) is 0 Å². The zero-order chi connectivity index (χ0) is 10.8. The van der Waals surface area contributed by atoms with E-state index in [1.807, 2.05) is 31.3 Å². The van der Waals surface area contributed by atoms with Crippen LogP contribution in [0.4, 0.5) is 0 Å². The molecule has 0 aliphatic rings. The van der Waals surface area contributed by atoms with Crippen molar-refractivity contribution in [2.24, 2.45) is 0 Å². The van der Waals surface area contributed by atoms with Gasteiger partial charge in [0, 0.05) is 17.8 Å². The topological polar surface area (TPSA) is 25.2 Å². The SMILES string of the molecule is CNC(C)Cc1cc2c(Cl)cccc2o1. The second-order valence-corrected chi connectivity index (χ2v) is 4.17. The maximum absolute atomic E-state index is 6.07. The highest BCUT2D eigenvalue weighted by atomic mass is 35.5. The van der Waals surface area contributed by atoms with Crippen molar-refractivity contribution in [1.82, 2.24) is 5.32 Å². The third-order valence-corrected chi connectivity index (χ3v) is 2.89. The third-order valence-electron chi connectivity index (χ3n) is 2.56. The highest BCUT2D eigenvalue weighted by Crippen LogP contribution is 2.26. The van der Waals surface area contributed by atoms with Crippen LogP contribution in [0.25, 0.3) is 11.0 Å². The van der Waals surface area contributed by atoms with Gasteiger partial charge in [-0.05, 0) is 32.2 Å². The van der Waals surface area contributed by atoms with Crippen molar-refractivity contribution in [3.8, 4) is 0 Å². The summed E-state index contributed by atoms with van der Waals surface area (Å²) in [6, 6.07) is 8.15. The van der Waals surface area contributed by atoms with Gasteiger partial charge in [-0.2, -0.15) is 0 Å². The molecule has 3 heteroatoms. The Hall–Kier alpha value is -0.990. The molecule has 0 amide bonds. The monoisotopic (exact) mass is 223 g/mol. The number of rotatable bonds is 3. The van der Waals surface area contributed by atoms with E-state index in [0.29, 0.717) is 6.04 Å². The number of hydrogen-bond donors (Lipinski definition) is 1. The van der Waals surface area contributed by atoms with Gasteiger partial charge in [-0.3, -0.25) is 0 Å². The van der Waals surface area contributed by atoms with Gasteiger partial charge in [-0.1, -0.05) is 17.7 Å². The summed E-state index contributed by atoms with van der Waals surface area (Å²) in [7, 11) is 1.94. The lowest BCUT2D eigenvalue weighted by molar-refractivity contribution is 0.497. The van der Waals surface area contributed by atoms with Gasteiger partial charge in [0.25, 0.3) is 0 Å². The Balaban J connectivity index is 2.35. The average Bonchev–Trinajstić information content (AvgIpc) is 2.62. The molecule has 15 heavy (non-hydrogen) atoms. The van der Waals surface area contributed by atoms with Crippen LogP contribution in [0, 0.1) is 0 Å². The van der Waals surface area contributed by atoms with E-state index in [4.69, 9.17) is 16.0 Å². The van der Waals surface area contributed by atoms with E-state index < -0.39 is 0 Å². The molecule has 0 spiro atoms. The summed E-state index contributed by atoms with van der Waals surface area (Å²) in [5.41, 5.74) is 0.862. The quantitative estimate of drug-likeness (QED) is 0.864. The summed E-state index contributed by atoms with van der Waals surface area (Å²) in [4.78, 5) is 0. The summed E-state index contributed by atoms with van der Waals surface area (Å²) in [6.07, 6.45) is 0.876. The molecular weight excluding hydrogens is 210 g/mol. The molecular formula is C12H14ClNO. The van der Waals surface area contributed by atoms with Gasteiger partial charge < -0.3 is 9.73 Å². The van der Waals surface area contributed by atoms with Crippen molar-refractivity contribution in [1.29, 1.82) is 0 Å². The minimum Gasteiger partial charge on any atom is -0.461 e. The van der Waals surface area contributed by atoms with Gasteiger partial charge in [-0.25, -0.2) is 0 Å². The van der Waals surface area contributed by atoms with Crippen LogP contribution in [0.2, 0.25) is 5.02 Å². The molecule has 0 bridgehead atoms. The molecule has 0 saturated heterocycles. The van der Waals surface area contributed by atoms with Gasteiger partial charge in [0.15, 0.2) is 0 Å². The van der Waals surface area contributed by atoms with Gasteiger partial charge in [0.1, 0.15) is 11.3 Å². The number of halogens is 1. The van der Waals surface area contributed by atoms with E-state index in [-0.39, 0.29) is 0 Å². The fraction of sp³-hybridized carbons (Fsp3) is 0.333. The van der Waals surface area contributed by atoms with Crippen molar-refractivity contribution in [2.45, 2.75) is 19.4 Å². The predicted molar refractivity (Wildman–Crippen MR) is 63.4 cm³/mol. The first-order valence-corrected chi connectivity index (χ1v) is 5.42. The van der Waals surface area contributed by atoms with Crippen molar-refractivity contribution >= 4 is 22.6 Å². The lowest BCUT2D eigenvalue weighted by Gasteiger charge is -2.06. The highest BCUT2D eigenvalue weighted by molar-refractivity contribution is 6.35. The Kier molecular flexibility index (Phi) is 2.98. The maximum Gasteiger partial charge on any atom is 0.135 e. The normalized spacial score (nSPS) is 13.3. The van der Waals surface area contributed by atoms with E-state index in [1.165, 1.54) is 0 Å². The molecule has 0 fully saturated rings. The first kappa shape index (κ1) is 10.5. The summed E-state index contributed by atoms with van der Waals surface area (Å²) >= 11 is 6.07. The first-order chi connectivity index (χ1) is 7.20. The molecule has 0 aliphatic carbocycles. The smallest absolute Gasteiger partial charge is 0.135 e. The molecule has 1 aromatic carbocycles. The van der Waals surface area contributed by atoms with Crippen LogP contribution in [0.15, 0.2) is 28.7 Å². The molecule has 1 N–H and O–H groups in total. The molecule has 1 unspecified atom stereocenters. The Morgan fingerprint density at radius 1 is 1.47 bits per heavy atom. The second-order valence-electron chi connectivity index (χ2n) is 3.76. The molecule has 2 rings (SSSR count). The molecule has 2 nitrogen and oxygen atoms in total. The third kappa shape index (κ3) is 2.16. The largest absolute Gasteiger partial charge is 0.461 e. The molecule has 1 aromatic heterocycles. The summed E-state index contributed by atoms with van der Waals surface area (Å²) < 4.78 is 5.70. The van der Waals surface area contributed by atoms with Crippen molar-refractivity contribution in [2.75, 3.05) is 7.05 Å². The van der Waals surface area contributed by atoms with E-state index in [9.17, 15) is 0 Å². The number of furan rings is 1. The van der Waals surface area contributed by atoms with Crippen molar-refractivity contribution in [3.63, 3.8) is 0 Å². The number of benzene rings is 1. The summed E-state index contributed by atoms with van der Waals surface area (Å²) in [6.45, 7) is 2.12. The number of fused-ring (bicyclic) bond motifs is 1. The van der Waals surface area contributed by atoms with Crippen molar-refractivity contribution < 1.29 is 4.42 Å². The Morgan fingerprint density at radius 2 is 2.27 bits per heavy atom. The van der Waals surface area contributed by atoms with Crippen LogP contribution in [-0.4, -0.2) is 13.1 Å². The molecule has 0 aliphatic heterocycles. The molecule has 1 atom stereocenters. The predicted octanol–water partition coefficient (Wildman–Crippen LogP) is 3.24. The van der Waals surface area contributed by atoms with Crippen LogP contribution in [0.1, 0.15) is 12.7 Å². The summed E-state index contributed by atoms with van der Waals surface area (Å²) in [5, 5.41) is 4.93. The Bertz CT molecular complexity index is 464. The number of nitrogens with one attached hydrogen (secondary N) is 1. The van der Waals surface area contributed by atoms with Gasteiger partial charge >= 0.3 is 0 Å². The second kappa shape index (κ2) is 4.25. The highest BCUT2D eigenvalue weighted by Gasteiger charge is 2.08. The summed E-state index contributed by atoms with van der Waals surface area (Å²) in [5.74, 6) is 0.972. The van der Waals surface area contributed by atoms with E-state index >= 15 is 0 Å². The van der Waals surface area contributed by atoms with Crippen LogP contribution < -0.4 is 5.32 Å². The molecule has 0 saturated carbocycles. The van der Waals surface area contributed by atoms with Gasteiger partial charge in [-0.15, -0.1) is 0 Å². The maximum atomic E-state index is 6.07. The van der Waals surface area contributed by atoms with E-state index in [2.05, 4.69) is 12.2 Å². The van der Waals surface area contributed by atoms with E-state index in [0.717, 1.165) is 28.2 Å². The molecule has 80 valence electrons. The fourth-order valence-electron chi connectivity index (χ4n) is 1.58. The Morgan fingerprint density at radius 3 is 2.93 bits per heavy atom. The molecule has 2 aromatic rings.